The van der Waals surface area contributed by atoms with Crippen molar-refractivity contribution in [1.82, 2.24) is 10.3 Å². The van der Waals surface area contributed by atoms with Gasteiger partial charge in [-0.05, 0) is 29.9 Å². The molecule has 1 atom stereocenters. The van der Waals surface area contributed by atoms with Crippen LogP contribution in [0.15, 0.2) is 16.7 Å². The zero-order chi connectivity index (χ0) is 12.1. The number of nitro groups is 1. The van der Waals surface area contributed by atoms with Crippen LogP contribution in [-0.2, 0) is 0 Å². The molecule has 0 amide bonds. The molecule has 6 nitrogen and oxygen atoms in total. The smallest absolute Gasteiger partial charge is 0.312 e. The lowest BCUT2D eigenvalue weighted by Crippen LogP contribution is -2.29. The van der Waals surface area contributed by atoms with Gasteiger partial charge in [0.1, 0.15) is 0 Å². The first-order chi connectivity index (χ1) is 7.54. The number of hydrogen-bond acceptors (Lipinski definition) is 5. The lowest BCUT2D eigenvalue weighted by atomic mass is 10.3. The summed E-state index contributed by atoms with van der Waals surface area (Å²) in [6, 6.07) is 1.64. The molecule has 0 spiro atoms. The second-order valence-corrected chi connectivity index (χ2v) is 4.26. The summed E-state index contributed by atoms with van der Waals surface area (Å²) < 4.78 is 0.589. The maximum Gasteiger partial charge on any atom is 0.312 e. The Morgan fingerprint density at radius 1 is 1.69 bits per heavy atom. The first kappa shape index (κ1) is 12.9. The van der Waals surface area contributed by atoms with E-state index in [2.05, 4.69) is 31.5 Å². The molecule has 0 bridgehead atoms. The van der Waals surface area contributed by atoms with Crippen LogP contribution in [0.5, 0.6) is 0 Å². The van der Waals surface area contributed by atoms with E-state index in [9.17, 15) is 10.1 Å². The fraction of sp³-hybridized carbons (Fsp3) is 0.444. The third-order valence-electron chi connectivity index (χ3n) is 2.10. The third kappa shape index (κ3) is 3.42. The molecule has 0 saturated heterocycles. The number of rotatable bonds is 5. The van der Waals surface area contributed by atoms with Crippen molar-refractivity contribution in [2.75, 3.05) is 18.9 Å². The molecule has 0 aliphatic rings. The van der Waals surface area contributed by atoms with Crippen LogP contribution in [0.1, 0.15) is 6.92 Å². The van der Waals surface area contributed by atoms with Crippen LogP contribution in [0.4, 0.5) is 11.5 Å². The van der Waals surface area contributed by atoms with Crippen LogP contribution >= 0.6 is 15.9 Å². The van der Waals surface area contributed by atoms with Gasteiger partial charge in [-0.3, -0.25) is 10.1 Å². The van der Waals surface area contributed by atoms with Gasteiger partial charge in [0.05, 0.1) is 4.92 Å². The van der Waals surface area contributed by atoms with Gasteiger partial charge in [0.25, 0.3) is 0 Å². The van der Waals surface area contributed by atoms with E-state index < -0.39 is 4.92 Å². The Morgan fingerprint density at radius 3 is 2.94 bits per heavy atom. The first-order valence-corrected chi connectivity index (χ1v) is 5.55. The summed E-state index contributed by atoms with van der Waals surface area (Å²) in [5.41, 5.74) is -0.0299. The summed E-state index contributed by atoms with van der Waals surface area (Å²) in [4.78, 5) is 14.3. The van der Waals surface area contributed by atoms with Gasteiger partial charge in [-0.1, -0.05) is 0 Å². The summed E-state index contributed by atoms with van der Waals surface area (Å²) in [5.74, 6) is 0.287. The quantitative estimate of drug-likeness (QED) is 0.638. The van der Waals surface area contributed by atoms with E-state index in [1.165, 1.54) is 12.3 Å². The molecule has 1 aromatic rings. The van der Waals surface area contributed by atoms with Crippen molar-refractivity contribution in [3.05, 3.63) is 26.9 Å². The minimum Gasteiger partial charge on any atom is -0.363 e. The second-order valence-electron chi connectivity index (χ2n) is 3.35. The molecule has 16 heavy (non-hydrogen) atoms. The maximum absolute atomic E-state index is 10.8. The molecule has 88 valence electrons. The lowest BCUT2D eigenvalue weighted by Gasteiger charge is -2.11. The molecule has 1 rings (SSSR count). The number of likely N-dealkylation sites (N-methyl/N-ethyl adjacent to an activating group) is 1. The number of halogens is 1. The topological polar surface area (TPSA) is 80.1 Å². The van der Waals surface area contributed by atoms with Crippen LogP contribution < -0.4 is 10.6 Å². The molecule has 0 aliphatic heterocycles. The Balaban J connectivity index is 2.82. The van der Waals surface area contributed by atoms with E-state index >= 15 is 0 Å². The van der Waals surface area contributed by atoms with Crippen molar-refractivity contribution in [2.45, 2.75) is 13.0 Å². The molecular formula is C9H13BrN4O2. The molecule has 1 unspecified atom stereocenters. The Kier molecular flexibility index (Phi) is 4.63. The molecule has 1 aromatic heterocycles. The van der Waals surface area contributed by atoms with Crippen LogP contribution in [0, 0.1) is 10.1 Å². The van der Waals surface area contributed by atoms with Crippen molar-refractivity contribution < 1.29 is 4.92 Å². The number of aromatic nitrogens is 1. The Morgan fingerprint density at radius 2 is 2.38 bits per heavy atom. The summed E-state index contributed by atoms with van der Waals surface area (Å²) in [6.45, 7) is 2.55. The largest absolute Gasteiger partial charge is 0.363 e. The van der Waals surface area contributed by atoms with Gasteiger partial charge in [-0.15, -0.1) is 0 Å². The van der Waals surface area contributed by atoms with Crippen LogP contribution in [0.3, 0.4) is 0 Å². The van der Waals surface area contributed by atoms with Crippen LogP contribution in [0.2, 0.25) is 0 Å². The molecule has 1 heterocycles. The number of anilines is 1. The monoisotopic (exact) mass is 288 g/mol. The van der Waals surface area contributed by atoms with Gasteiger partial charge in [0.2, 0.25) is 5.82 Å². The van der Waals surface area contributed by atoms with Gasteiger partial charge < -0.3 is 10.6 Å². The van der Waals surface area contributed by atoms with Crippen LogP contribution in [0.25, 0.3) is 0 Å². The predicted molar refractivity (Wildman–Crippen MR) is 65.6 cm³/mol. The Labute approximate surface area is 102 Å². The van der Waals surface area contributed by atoms with E-state index in [-0.39, 0.29) is 17.5 Å². The van der Waals surface area contributed by atoms with Crippen molar-refractivity contribution in [3.8, 4) is 0 Å². The van der Waals surface area contributed by atoms with Gasteiger partial charge in [-0.25, -0.2) is 4.98 Å². The van der Waals surface area contributed by atoms with Gasteiger partial charge >= 0.3 is 5.69 Å². The van der Waals surface area contributed by atoms with Gasteiger partial charge in [0.15, 0.2) is 0 Å². The fourth-order valence-corrected chi connectivity index (χ4v) is 1.38. The average molecular weight is 289 g/mol. The minimum absolute atomic E-state index is 0.0299. The van der Waals surface area contributed by atoms with Crippen molar-refractivity contribution in [1.29, 1.82) is 0 Å². The summed E-state index contributed by atoms with van der Waals surface area (Å²) >= 11 is 3.15. The molecule has 0 saturated carbocycles. The first-order valence-electron chi connectivity index (χ1n) is 4.75. The highest BCUT2D eigenvalue weighted by Gasteiger charge is 2.15. The molecule has 0 radical (unpaired) electrons. The molecule has 2 N–H and O–H groups in total. The van der Waals surface area contributed by atoms with Crippen LogP contribution in [-0.4, -0.2) is 29.5 Å². The summed E-state index contributed by atoms with van der Waals surface area (Å²) in [7, 11) is 1.83. The minimum atomic E-state index is -0.454. The SMILES string of the molecule is CNC(C)CNc1ncc(Br)cc1[N+](=O)[O-]. The molecule has 0 aliphatic carbocycles. The second kappa shape index (κ2) is 5.76. The van der Waals surface area contributed by atoms with E-state index in [1.54, 1.807) is 0 Å². The molecule has 0 fully saturated rings. The van der Waals surface area contributed by atoms with Gasteiger partial charge in [0, 0.05) is 29.3 Å². The fourth-order valence-electron chi connectivity index (χ4n) is 1.06. The van der Waals surface area contributed by atoms with Crippen molar-refractivity contribution in [3.63, 3.8) is 0 Å². The zero-order valence-electron chi connectivity index (χ0n) is 9.03. The molecule has 0 aromatic carbocycles. The van der Waals surface area contributed by atoms with Crippen molar-refractivity contribution >= 4 is 27.4 Å². The molecular weight excluding hydrogens is 276 g/mol. The number of nitrogens with zero attached hydrogens (tertiary/aromatic N) is 2. The van der Waals surface area contributed by atoms with E-state index in [4.69, 9.17) is 0 Å². The third-order valence-corrected chi connectivity index (χ3v) is 2.53. The highest BCUT2D eigenvalue weighted by molar-refractivity contribution is 9.10. The number of nitrogens with one attached hydrogen (secondary N) is 2. The summed E-state index contributed by atoms with van der Waals surface area (Å²) in [6.07, 6.45) is 1.53. The Bertz CT molecular complexity index is 386. The van der Waals surface area contributed by atoms with Gasteiger partial charge in [-0.2, -0.15) is 0 Å². The summed E-state index contributed by atoms with van der Waals surface area (Å²) in [5, 5.41) is 16.7. The van der Waals surface area contributed by atoms with E-state index in [0.29, 0.717) is 11.0 Å². The highest BCUT2D eigenvalue weighted by atomic mass is 79.9. The zero-order valence-corrected chi connectivity index (χ0v) is 10.6. The highest BCUT2D eigenvalue weighted by Crippen LogP contribution is 2.24. The normalized spacial score (nSPS) is 12.2. The maximum atomic E-state index is 10.8. The van der Waals surface area contributed by atoms with E-state index in [1.807, 2.05) is 14.0 Å². The van der Waals surface area contributed by atoms with Crippen molar-refractivity contribution in [2.24, 2.45) is 0 Å². The standard InChI is InChI=1S/C9H13BrN4O2/c1-6(11-2)4-12-9-8(14(15)16)3-7(10)5-13-9/h3,5-6,11H,4H2,1-2H3,(H,12,13). The molecule has 7 heteroatoms. The number of hydrogen-bond donors (Lipinski definition) is 2. The lowest BCUT2D eigenvalue weighted by molar-refractivity contribution is -0.384. The average Bonchev–Trinajstić information content (AvgIpc) is 2.26. The Hall–Kier alpha value is -1.21. The van der Waals surface area contributed by atoms with E-state index in [0.717, 1.165) is 0 Å². The number of pyridine rings is 1. The predicted octanol–water partition coefficient (Wildman–Crippen LogP) is 1.77.